The van der Waals surface area contributed by atoms with E-state index < -0.39 is 16.1 Å². The number of hydrogen-bond donors (Lipinski definition) is 2. The lowest BCUT2D eigenvalue weighted by molar-refractivity contribution is 0.199. The van der Waals surface area contributed by atoms with Crippen LogP contribution in [0.15, 0.2) is 29.2 Å². The minimum Gasteiger partial charge on any atom is -0.389 e. The van der Waals surface area contributed by atoms with Crippen molar-refractivity contribution in [3.8, 4) is 0 Å². The fourth-order valence-electron chi connectivity index (χ4n) is 2.33. The van der Waals surface area contributed by atoms with Crippen LogP contribution in [0.3, 0.4) is 0 Å². The number of aryl methyl sites for hydroxylation is 2. The zero-order chi connectivity index (χ0) is 15.0. The maximum Gasteiger partial charge on any atom is 0.263 e. The van der Waals surface area contributed by atoms with Crippen molar-refractivity contribution in [2.24, 2.45) is 0 Å². The molecule has 0 bridgehead atoms. The third-order valence-corrected chi connectivity index (χ3v) is 6.05. The number of sulfonamides is 1. The second-order valence-corrected chi connectivity index (χ2v) is 7.86. The summed E-state index contributed by atoms with van der Waals surface area (Å²) in [5.41, 5.74) is 1.70. The molecule has 0 radical (unpaired) electrons. The van der Waals surface area contributed by atoms with Crippen LogP contribution in [0.2, 0.25) is 0 Å². The van der Waals surface area contributed by atoms with Crippen LogP contribution in [0.25, 0.3) is 0 Å². The molecule has 3 rings (SSSR count). The van der Waals surface area contributed by atoms with Gasteiger partial charge in [-0.3, -0.25) is 4.72 Å². The van der Waals surface area contributed by atoms with Gasteiger partial charge < -0.3 is 5.11 Å². The Labute approximate surface area is 127 Å². The van der Waals surface area contributed by atoms with Gasteiger partial charge in [0.15, 0.2) is 5.13 Å². The molecule has 0 amide bonds. The maximum atomic E-state index is 12.3. The molecule has 21 heavy (non-hydrogen) atoms. The number of fused-ring (bicyclic) bond motifs is 1. The summed E-state index contributed by atoms with van der Waals surface area (Å²) in [5.74, 6) is 0. The minimum atomic E-state index is -3.63. The first-order valence-corrected chi connectivity index (χ1v) is 9.05. The highest BCUT2D eigenvalue weighted by Gasteiger charge is 2.21. The van der Waals surface area contributed by atoms with Crippen LogP contribution >= 0.6 is 11.3 Å². The first-order chi connectivity index (χ1) is 9.95. The van der Waals surface area contributed by atoms with Gasteiger partial charge in [-0.2, -0.15) is 0 Å². The molecule has 1 aromatic heterocycles. The number of anilines is 1. The quantitative estimate of drug-likeness (QED) is 0.905. The van der Waals surface area contributed by atoms with Gasteiger partial charge in [0.1, 0.15) is 0 Å². The Balaban J connectivity index is 1.82. The second kappa shape index (κ2) is 5.40. The molecule has 5 nitrogen and oxygen atoms in total. The lowest BCUT2D eigenvalue weighted by atomic mass is 10.1. The molecular weight excluding hydrogens is 308 g/mol. The Morgan fingerprint density at radius 3 is 2.62 bits per heavy atom. The van der Waals surface area contributed by atoms with Gasteiger partial charge in [0.2, 0.25) is 0 Å². The minimum absolute atomic E-state index is 0.169. The van der Waals surface area contributed by atoms with Crippen LogP contribution in [-0.4, -0.2) is 18.5 Å². The fraction of sp³-hybridized carbons (Fsp3) is 0.357. The molecule has 1 aliphatic carbocycles. The van der Waals surface area contributed by atoms with E-state index in [9.17, 15) is 13.5 Å². The van der Waals surface area contributed by atoms with Crippen molar-refractivity contribution in [1.82, 2.24) is 4.98 Å². The van der Waals surface area contributed by atoms with Gasteiger partial charge in [0.25, 0.3) is 10.0 Å². The summed E-state index contributed by atoms with van der Waals surface area (Å²) < 4.78 is 27.1. The molecule has 1 aromatic carbocycles. The van der Waals surface area contributed by atoms with Gasteiger partial charge in [-0.05, 0) is 43.9 Å². The number of aliphatic hydroxyl groups excluding tert-OH is 1. The highest BCUT2D eigenvalue weighted by atomic mass is 32.2. The number of hydrogen-bond acceptors (Lipinski definition) is 5. The van der Waals surface area contributed by atoms with Gasteiger partial charge in [0, 0.05) is 4.88 Å². The first kappa shape index (κ1) is 14.5. The largest absolute Gasteiger partial charge is 0.389 e. The summed E-state index contributed by atoms with van der Waals surface area (Å²) in [4.78, 5) is 5.68. The second-order valence-electron chi connectivity index (χ2n) is 5.09. The average molecular weight is 324 g/mol. The van der Waals surface area contributed by atoms with E-state index in [0.717, 1.165) is 25.0 Å². The molecule has 112 valence electrons. The summed E-state index contributed by atoms with van der Waals surface area (Å²) in [6.07, 6.45) is 2.40. The standard InChI is InChI=1S/C14H16N2O3S2/c1-9(17)10-5-7-11(8-6-10)21(18,19)16-14-15-12-3-2-4-13(12)20-14/h5-9,17H,2-4H2,1H3,(H,15,16). The molecule has 1 atom stereocenters. The van der Waals surface area contributed by atoms with Crippen molar-refractivity contribution in [2.75, 3.05) is 4.72 Å². The first-order valence-electron chi connectivity index (χ1n) is 6.75. The molecule has 1 aliphatic rings. The lowest BCUT2D eigenvalue weighted by Gasteiger charge is -2.08. The summed E-state index contributed by atoms with van der Waals surface area (Å²) >= 11 is 1.41. The molecule has 0 saturated heterocycles. The van der Waals surface area contributed by atoms with Crippen LogP contribution in [0.5, 0.6) is 0 Å². The SMILES string of the molecule is CC(O)c1ccc(S(=O)(=O)Nc2nc3c(s2)CCC3)cc1. The van der Waals surface area contributed by atoms with E-state index in [2.05, 4.69) is 9.71 Å². The van der Waals surface area contributed by atoms with Gasteiger partial charge in [0.05, 0.1) is 16.7 Å². The van der Waals surface area contributed by atoms with Gasteiger partial charge in [-0.25, -0.2) is 13.4 Å². The van der Waals surface area contributed by atoms with Gasteiger partial charge >= 0.3 is 0 Å². The van der Waals surface area contributed by atoms with E-state index in [0.29, 0.717) is 10.7 Å². The molecule has 0 fully saturated rings. The fourth-order valence-corrected chi connectivity index (χ4v) is 4.62. The maximum absolute atomic E-state index is 12.3. The molecule has 2 N–H and O–H groups in total. The predicted octanol–water partition coefficient (Wildman–Crippen LogP) is 2.49. The lowest BCUT2D eigenvalue weighted by Crippen LogP contribution is -2.13. The number of thiazole rings is 1. The van der Waals surface area contributed by atoms with Crippen molar-refractivity contribution in [3.63, 3.8) is 0 Å². The van der Waals surface area contributed by atoms with Crippen molar-refractivity contribution in [2.45, 2.75) is 37.2 Å². The monoisotopic (exact) mass is 324 g/mol. The number of benzene rings is 1. The van der Waals surface area contributed by atoms with E-state index in [4.69, 9.17) is 0 Å². The molecule has 1 heterocycles. The van der Waals surface area contributed by atoms with Crippen LogP contribution in [0.1, 0.15) is 35.6 Å². The van der Waals surface area contributed by atoms with E-state index in [1.165, 1.54) is 28.3 Å². The Morgan fingerprint density at radius 1 is 1.29 bits per heavy atom. The topological polar surface area (TPSA) is 79.3 Å². The van der Waals surface area contributed by atoms with Crippen LogP contribution in [0, 0.1) is 0 Å². The average Bonchev–Trinajstić information content (AvgIpc) is 2.99. The predicted molar refractivity (Wildman–Crippen MR) is 82.0 cm³/mol. The van der Waals surface area contributed by atoms with Gasteiger partial charge in [-0.1, -0.05) is 12.1 Å². The van der Waals surface area contributed by atoms with E-state index in [1.54, 1.807) is 19.1 Å². The number of nitrogens with one attached hydrogen (secondary N) is 1. The van der Waals surface area contributed by atoms with Crippen molar-refractivity contribution >= 4 is 26.5 Å². The molecule has 7 heteroatoms. The Kier molecular flexibility index (Phi) is 3.73. The molecule has 0 spiro atoms. The molecule has 1 unspecified atom stereocenters. The number of aromatic nitrogens is 1. The van der Waals surface area contributed by atoms with E-state index >= 15 is 0 Å². The normalized spacial score (nSPS) is 15.7. The Hall–Kier alpha value is -1.44. The number of nitrogens with zero attached hydrogens (tertiary/aromatic N) is 1. The van der Waals surface area contributed by atoms with Crippen molar-refractivity contribution < 1.29 is 13.5 Å². The highest BCUT2D eigenvalue weighted by molar-refractivity contribution is 7.93. The Bertz CT molecular complexity index is 728. The summed E-state index contributed by atoms with van der Waals surface area (Å²) in [6, 6.07) is 6.21. The van der Waals surface area contributed by atoms with Crippen LogP contribution < -0.4 is 4.72 Å². The van der Waals surface area contributed by atoms with Gasteiger partial charge in [-0.15, -0.1) is 11.3 Å². The summed E-state index contributed by atoms with van der Waals surface area (Å²) in [7, 11) is -3.63. The number of aliphatic hydroxyl groups is 1. The van der Waals surface area contributed by atoms with E-state index in [-0.39, 0.29) is 4.90 Å². The number of rotatable bonds is 4. The van der Waals surface area contributed by atoms with Crippen molar-refractivity contribution in [1.29, 1.82) is 0 Å². The zero-order valence-electron chi connectivity index (χ0n) is 11.5. The smallest absolute Gasteiger partial charge is 0.263 e. The molecule has 0 saturated carbocycles. The zero-order valence-corrected chi connectivity index (χ0v) is 13.2. The van der Waals surface area contributed by atoms with Crippen LogP contribution in [-0.2, 0) is 22.9 Å². The van der Waals surface area contributed by atoms with Crippen LogP contribution in [0.4, 0.5) is 5.13 Å². The molecule has 0 aliphatic heterocycles. The summed E-state index contributed by atoms with van der Waals surface area (Å²) in [6.45, 7) is 1.64. The molecule has 2 aromatic rings. The third kappa shape index (κ3) is 2.95. The third-order valence-electron chi connectivity index (χ3n) is 3.49. The summed E-state index contributed by atoms with van der Waals surface area (Å²) in [5, 5.41) is 9.88. The van der Waals surface area contributed by atoms with E-state index in [1.807, 2.05) is 0 Å². The molecular formula is C14H16N2O3S2. The highest BCUT2D eigenvalue weighted by Crippen LogP contribution is 2.31. The Morgan fingerprint density at radius 2 is 2.00 bits per heavy atom. The van der Waals surface area contributed by atoms with Crippen molar-refractivity contribution in [3.05, 3.63) is 40.4 Å².